The highest BCUT2D eigenvalue weighted by Gasteiger charge is 2.05. The van der Waals surface area contributed by atoms with E-state index in [1.54, 1.807) is 12.1 Å². The SMILES string of the molecule is O=C(NCCOCc1cccc(Cl)c1)c1cccc(F)c1. The predicted octanol–water partition coefficient (Wildman–Crippen LogP) is 3.43. The molecule has 21 heavy (non-hydrogen) atoms. The lowest BCUT2D eigenvalue weighted by atomic mass is 10.2. The second kappa shape index (κ2) is 7.76. The van der Waals surface area contributed by atoms with E-state index in [9.17, 15) is 9.18 Å². The predicted molar refractivity (Wildman–Crippen MR) is 79.8 cm³/mol. The highest BCUT2D eigenvalue weighted by Crippen LogP contribution is 2.11. The van der Waals surface area contributed by atoms with E-state index in [0.717, 1.165) is 5.56 Å². The molecule has 1 N–H and O–H groups in total. The summed E-state index contributed by atoms with van der Waals surface area (Å²) in [5.41, 5.74) is 1.27. The fourth-order valence-corrected chi connectivity index (χ4v) is 2.00. The van der Waals surface area contributed by atoms with Gasteiger partial charge in [-0.1, -0.05) is 29.8 Å². The zero-order valence-corrected chi connectivity index (χ0v) is 12.1. The molecular weight excluding hydrogens is 293 g/mol. The average molecular weight is 308 g/mol. The lowest BCUT2D eigenvalue weighted by molar-refractivity contribution is 0.0900. The Labute approximate surface area is 127 Å². The van der Waals surface area contributed by atoms with Crippen LogP contribution < -0.4 is 5.32 Å². The van der Waals surface area contributed by atoms with Crippen molar-refractivity contribution in [2.24, 2.45) is 0 Å². The van der Waals surface area contributed by atoms with Crippen LogP contribution in [0, 0.1) is 5.82 Å². The zero-order chi connectivity index (χ0) is 15.1. The maximum atomic E-state index is 13.0. The Kier molecular flexibility index (Phi) is 5.72. The third-order valence-corrected chi connectivity index (χ3v) is 3.01. The molecule has 3 nitrogen and oxygen atoms in total. The van der Waals surface area contributed by atoms with Gasteiger partial charge in [0.15, 0.2) is 0 Å². The van der Waals surface area contributed by atoms with Gasteiger partial charge in [-0.3, -0.25) is 4.79 Å². The number of hydrogen-bond donors (Lipinski definition) is 1. The molecular formula is C16H15ClFNO2. The van der Waals surface area contributed by atoms with Gasteiger partial charge in [0.05, 0.1) is 13.2 Å². The third kappa shape index (κ3) is 5.17. The topological polar surface area (TPSA) is 38.3 Å². The van der Waals surface area contributed by atoms with Gasteiger partial charge in [-0.2, -0.15) is 0 Å². The Morgan fingerprint density at radius 2 is 2.00 bits per heavy atom. The molecule has 0 aliphatic heterocycles. The fraction of sp³-hybridized carbons (Fsp3) is 0.188. The molecule has 2 rings (SSSR count). The van der Waals surface area contributed by atoms with Gasteiger partial charge in [-0.25, -0.2) is 4.39 Å². The minimum absolute atomic E-state index is 0.296. The number of rotatable bonds is 6. The van der Waals surface area contributed by atoms with Crippen molar-refractivity contribution in [1.29, 1.82) is 0 Å². The number of halogens is 2. The van der Waals surface area contributed by atoms with Gasteiger partial charge in [0.1, 0.15) is 5.82 Å². The highest BCUT2D eigenvalue weighted by molar-refractivity contribution is 6.30. The third-order valence-electron chi connectivity index (χ3n) is 2.78. The normalized spacial score (nSPS) is 10.4. The van der Waals surface area contributed by atoms with Crippen molar-refractivity contribution >= 4 is 17.5 Å². The van der Waals surface area contributed by atoms with Crippen LogP contribution in [0.5, 0.6) is 0 Å². The molecule has 0 aliphatic carbocycles. The van der Waals surface area contributed by atoms with Gasteiger partial charge < -0.3 is 10.1 Å². The number of amides is 1. The first kappa shape index (κ1) is 15.5. The first-order valence-corrected chi connectivity index (χ1v) is 6.89. The number of carbonyl (C=O) groups is 1. The van der Waals surface area contributed by atoms with E-state index in [1.807, 2.05) is 18.2 Å². The molecule has 5 heteroatoms. The molecule has 0 aliphatic rings. The Hall–Kier alpha value is -1.91. The molecule has 0 spiro atoms. The summed E-state index contributed by atoms with van der Waals surface area (Å²) in [6.45, 7) is 1.15. The van der Waals surface area contributed by atoms with Crippen LogP contribution >= 0.6 is 11.6 Å². The van der Waals surface area contributed by atoms with E-state index in [4.69, 9.17) is 16.3 Å². The van der Waals surface area contributed by atoms with Crippen molar-refractivity contribution in [1.82, 2.24) is 5.32 Å². The summed E-state index contributed by atoms with van der Waals surface area (Å²) in [7, 11) is 0. The molecule has 0 unspecified atom stereocenters. The summed E-state index contributed by atoms with van der Waals surface area (Å²) in [6, 6.07) is 12.9. The number of ether oxygens (including phenoxy) is 1. The van der Waals surface area contributed by atoms with E-state index in [2.05, 4.69) is 5.32 Å². The zero-order valence-electron chi connectivity index (χ0n) is 11.3. The van der Waals surface area contributed by atoms with E-state index < -0.39 is 5.82 Å². The molecule has 2 aromatic rings. The Morgan fingerprint density at radius 3 is 2.76 bits per heavy atom. The maximum absolute atomic E-state index is 13.0. The molecule has 0 saturated heterocycles. The molecule has 1 amide bonds. The van der Waals surface area contributed by atoms with Gasteiger partial charge in [-0.15, -0.1) is 0 Å². The summed E-state index contributed by atoms with van der Waals surface area (Å²) in [5.74, 6) is -0.749. The lowest BCUT2D eigenvalue weighted by Crippen LogP contribution is -2.27. The Balaban J connectivity index is 1.69. The minimum atomic E-state index is -0.431. The Morgan fingerprint density at radius 1 is 1.19 bits per heavy atom. The van der Waals surface area contributed by atoms with Crippen molar-refractivity contribution in [2.75, 3.05) is 13.2 Å². The lowest BCUT2D eigenvalue weighted by Gasteiger charge is -2.07. The monoisotopic (exact) mass is 307 g/mol. The second-order valence-electron chi connectivity index (χ2n) is 4.45. The highest BCUT2D eigenvalue weighted by atomic mass is 35.5. The van der Waals surface area contributed by atoms with Crippen LogP contribution in [-0.4, -0.2) is 19.1 Å². The van der Waals surface area contributed by atoms with E-state index in [0.29, 0.717) is 30.3 Å². The van der Waals surface area contributed by atoms with Crippen LogP contribution in [0.3, 0.4) is 0 Å². The van der Waals surface area contributed by atoms with E-state index in [-0.39, 0.29) is 5.91 Å². The molecule has 0 atom stereocenters. The second-order valence-corrected chi connectivity index (χ2v) is 4.89. The summed E-state index contributed by atoms with van der Waals surface area (Å²) >= 11 is 5.86. The number of hydrogen-bond acceptors (Lipinski definition) is 2. The van der Waals surface area contributed by atoms with Gasteiger partial charge in [0.25, 0.3) is 5.91 Å². The van der Waals surface area contributed by atoms with Crippen LogP contribution in [0.2, 0.25) is 5.02 Å². The number of benzene rings is 2. The summed E-state index contributed by atoms with van der Waals surface area (Å²) in [5, 5.41) is 3.33. The maximum Gasteiger partial charge on any atom is 0.251 e. The van der Waals surface area contributed by atoms with Crippen LogP contribution in [0.15, 0.2) is 48.5 Å². The van der Waals surface area contributed by atoms with Gasteiger partial charge >= 0.3 is 0 Å². The molecule has 0 aromatic heterocycles. The first-order valence-electron chi connectivity index (χ1n) is 6.51. The first-order chi connectivity index (χ1) is 10.1. The van der Waals surface area contributed by atoms with Crippen molar-refractivity contribution in [3.05, 3.63) is 70.5 Å². The molecule has 0 bridgehead atoms. The van der Waals surface area contributed by atoms with Gasteiger partial charge in [-0.05, 0) is 35.9 Å². The molecule has 2 aromatic carbocycles. The van der Waals surface area contributed by atoms with Gasteiger partial charge in [0.2, 0.25) is 0 Å². The number of nitrogens with one attached hydrogen (secondary N) is 1. The quantitative estimate of drug-likeness (QED) is 0.830. The summed E-state index contributed by atoms with van der Waals surface area (Å²) in [4.78, 5) is 11.7. The van der Waals surface area contributed by atoms with Crippen LogP contribution in [-0.2, 0) is 11.3 Å². The molecule has 0 radical (unpaired) electrons. The van der Waals surface area contributed by atoms with Crippen molar-refractivity contribution in [3.63, 3.8) is 0 Å². The Bertz CT molecular complexity index is 619. The standard InChI is InChI=1S/C16H15ClFNO2/c17-14-5-1-3-12(9-14)11-21-8-7-19-16(20)13-4-2-6-15(18)10-13/h1-6,9-10H,7-8,11H2,(H,19,20). The van der Waals surface area contributed by atoms with Crippen molar-refractivity contribution in [3.8, 4) is 0 Å². The fourth-order valence-electron chi connectivity index (χ4n) is 1.79. The van der Waals surface area contributed by atoms with Crippen LogP contribution in [0.4, 0.5) is 4.39 Å². The summed E-state index contributed by atoms with van der Waals surface area (Å²) < 4.78 is 18.4. The minimum Gasteiger partial charge on any atom is -0.375 e. The van der Waals surface area contributed by atoms with Crippen LogP contribution in [0.25, 0.3) is 0 Å². The smallest absolute Gasteiger partial charge is 0.251 e. The van der Waals surface area contributed by atoms with Crippen LogP contribution in [0.1, 0.15) is 15.9 Å². The number of carbonyl (C=O) groups excluding carboxylic acids is 1. The molecule has 0 fully saturated rings. The van der Waals surface area contributed by atoms with Crippen molar-refractivity contribution in [2.45, 2.75) is 6.61 Å². The van der Waals surface area contributed by atoms with Gasteiger partial charge in [0, 0.05) is 17.1 Å². The molecule has 110 valence electrons. The summed E-state index contributed by atoms with van der Waals surface area (Å²) in [6.07, 6.45) is 0. The van der Waals surface area contributed by atoms with Crippen molar-refractivity contribution < 1.29 is 13.9 Å². The van der Waals surface area contributed by atoms with E-state index in [1.165, 1.54) is 18.2 Å². The van der Waals surface area contributed by atoms with E-state index >= 15 is 0 Å². The molecule has 0 heterocycles. The average Bonchev–Trinajstić information content (AvgIpc) is 2.47. The largest absolute Gasteiger partial charge is 0.375 e. The molecule has 0 saturated carbocycles.